The van der Waals surface area contributed by atoms with Crippen molar-refractivity contribution in [1.29, 1.82) is 0 Å². The number of hydrogen-bond acceptors (Lipinski definition) is 4. The smallest absolute Gasteiger partial charge is 0.407 e. The highest BCUT2D eigenvalue weighted by molar-refractivity contribution is 5.84. The van der Waals surface area contributed by atoms with Crippen LogP contribution in [0.5, 0.6) is 5.75 Å². The molecule has 0 spiro atoms. The fourth-order valence-electron chi connectivity index (χ4n) is 2.27. The minimum atomic E-state index is -4.50. The van der Waals surface area contributed by atoms with Crippen molar-refractivity contribution in [2.24, 2.45) is 0 Å². The van der Waals surface area contributed by atoms with Crippen molar-refractivity contribution in [3.8, 4) is 5.75 Å². The average molecular weight is 327 g/mol. The molecule has 7 heteroatoms. The van der Waals surface area contributed by atoms with Gasteiger partial charge in [-0.25, -0.2) is 0 Å². The van der Waals surface area contributed by atoms with Crippen LogP contribution in [-0.4, -0.2) is 30.9 Å². The first-order valence-corrected chi connectivity index (χ1v) is 6.91. The summed E-state index contributed by atoms with van der Waals surface area (Å²) in [5.74, 6) is -0.527. The van der Waals surface area contributed by atoms with Crippen molar-refractivity contribution < 1.29 is 27.8 Å². The highest BCUT2D eigenvalue weighted by Gasteiger charge is 2.40. The standard InChI is InChI=1S/C16H16F3NO3/c1-23-14(22)6-7-20-15(16(17,18)19)12-3-2-11-9-13(21)5-4-10(11)8-12/h2-5,8-9,15,20-21H,6-7H2,1H3. The minimum absolute atomic E-state index is 0.0422. The summed E-state index contributed by atoms with van der Waals surface area (Å²) in [4.78, 5) is 11.0. The number of nitrogens with one attached hydrogen (secondary N) is 1. The molecule has 0 saturated carbocycles. The quantitative estimate of drug-likeness (QED) is 0.827. The largest absolute Gasteiger partial charge is 0.508 e. The highest BCUT2D eigenvalue weighted by atomic mass is 19.4. The number of carbonyl (C=O) groups is 1. The molecule has 0 amide bonds. The monoisotopic (exact) mass is 327 g/mol. The molecule has 1 unspecified atom stereocenters. The molecular weight excluding hydrogens is 311 g/mol. The number of aromatic hydroxyl groups is 1. The predicted molar refractivity (Wildman–Crippen MR) is 79.0 cm³/mol. The van der Waals surface area contributed by atoms with Gasteiger partial charge in [0.15, 0.2) is 0 Å². The van der Waals surface area contributed by atoms with Crippen molar-refractivity contribution >= 4 is 16.7 Å². The van der Waals surface area contributed by atoms with Crippen LogP contribution in [0.25, 0.3) is 10.8 Å². The molecule has 0 saturated heterocycles. The van der Waals surface area contributed by atoms with E-state index < -0.39 is 18.2 Å². The van der Waals surface area contributed by atoms with Crippen molar-refractivity contribution in [1.82, 2.24) is 5.32 Å². The molecule has 0 aromatic heterocycles. The van der Waals surface area contributed by atoms with Gasteiger partial charge < -0.3 is 15.2 Å². The molecule has 124 valence electrons. The lowest BCUT2D eigenvalue weighted by atomic mass is 10.0. The van der Waals surface area contributed by atoms with E-state index in [0.717, 1.165) is 0 Å². The first kappa shape index (κ1) is 17.1. The maximum absolute atomic E-state index is 13.3. The summed E-state index contributed by atoms with van der Waals surface area (Å²) in [7, 11) is 1.18. The third-order valence-corrected chi connectivity index (χ3v) is 3.41. The molecule has 1 atom stereocenters. The van der Waals surface area contributed by atoms with Gasteiger partial charge in [0.05, 0.1) is 13.5 Å². The third kappa shape index (κ3) is 4.35. The zero-order chi connectivity index (χ0) is 17.0. The number of phenols is 1. The Morgan fingerprint density at radius 3 is 2.52 bits per heavy atom. The van der Waals surface area contributed by atoms with Gasteiger partial charge in [-0.1, -0.05) is 18.2 Å². The van der Waals surface area contributed by atoms with E-state index in [4.69, 9.17) is 0 Å². The van der Waals surface area contributed by atoms with Gasteiger partial charge in [-0.3, -0.25) is 4.79 Å². The van der Waals surface area contributed by atoms with Crippen LogP contribution < -0.4 is 5.32 Å². The van der Waals surface area contributed by atoms with E-state index in [0.29, 0.717) is 10.8 Å². The van der Waals surface area contributed by atoms with E-state index in [1.54, 1.807) is 6.07 Å². The van der Waals surface area contributed by atoms with Gasteiger partial charge in [0.2, 0.25) is 0 Å². The second-order valence-corrected chi connectivity index (χ2v) is 5.05. The van der Waals surface area contributed by atoms with Crippen LogP contribution in [0.1, 0.15) is 18.0 Å². The molecule has 0 heterocycles. The van der Waals surface area contributed by atoms with Gasteiger partial charge in [-0.15, -0.1) is 0 Å². The van der Waals surface area contributed by atoms with Gasteiger partial charge >= 0.3 is 12.1 Å². The predicted octanol–water partition coefficient (Wildman–Crippen LogP) is 3.30. The number of phenolic OH excluding ortho intramolecular Hbond substituents is 1. The fraction of sp³-hybridized carbons (Fsp3) is 0.312. The molecule has 0 fully saturated rings. The van der Waals surface area contributed by atoms with E-state index in [9.17, 15) is 23.1 Å². The molecule has 4 nitrogen and oxygen atoms in total. The number of benzene rings is 2. The van der Waals surface area contributed by atoms with Crippen LogP contribution in [0.3, 0.4) is 0 Å². The van der Waals surface area contributed by atoms with Gasteiger partial charge in [0, 0.05) is 6.54 Å². The van der Waals surface area contributed by atoms with Crippen LogP contribution in [0.2, 0.25) is 0 Å². The zero-order valence-electron chi connectivity index (χ0n) is 12.4. The van der Waals surface area contributed by atoms with Gasteiger partial charge in [-0.2, -0.15) is 13.2 Å². The molecule has 2 aromatic carbocycles. The summed E-state index contributed by atoms with van der Waals surface area (Å²) in [6, 6.07) is 6.85. The molecule has 0 radical (unpaired) electrons. The minimum Gasteiger partial charge on any atom is -0.508 e. The van der Waals surface area contributed by atoms with Gasteiger partial charge in [0.1, 0.15) is 11.8 Å². The number of carbonyl (C=O) groups excluding carboxylic acids is 1. The Hall–Kier alpha value is -2.28. The molecule has 0 aliphatic rings. The number of ether oxygens (including phenoxy) is 1. The van der Waals surface area contributed by atoms with Gasteiger partial charge in [-0.05, 0) is 34.5 Å². The third-order valence-electron chi connectivity index (χ3n) is 3.41. The second kappa shape index (κ2) is 6.87. The molecule has 23 heavy (non-hydrogen) atoms. The number of alkyl halides is 3. The Labute approximate surface area is 130 Å². The molecule has 0 aliphatic carbocycles. The van der Waals surface area contributed by atoms with Crippen LogP contribution >= 0.6 is 0 Å². The van der Waals surface area contributed by atoms with Crippen molar-refractivity contribution in [2.75, 3.05) is 13.7 Å². The summed E-state index contributed by atoms with van der Waals surface area (Å²) in [6.07, 6.45) is -4.65. The summed E-state index contributed by atoms with van der Waals surface area (Å²) in [6.45, 7) is -0.148. The van der Waals surface area contributed by atoms with E-state index >= 15 is 0 Å². The SMILES string of the molecule is COC(=O)CCNC(c1ccc2cc(O)ccc2c1)C(F)(F)F. The Bertz CT molecular complexity index is 701. The van der Waals surface area contributed by atoms with Crippen LogP contribution in [0.4, 0.5) is 13.2 Å². The lowest BCUT2D eigenvalue weighted by molar-refractivity contribution is -0.158. The van der Waals surface area contributed by atoms with Gasteiger partial charge in [0.25, 0.3) is 0 Å². The first-order chi connectivity index (χ1) is 10.8. The number of halogens is 3. The summed E-state index contributed by atoms with van der Waals surface area (Å²) < 4.78 is 44.2. The number of rotatable bonds is 5. The Morgan fingerprint density at radius 2 is 1.87 bits per heavy atom. The average Bonchev–Trinajstić information content (AvgIpc) is 2.49. The summed E-state index contributed by atoms with van der Waals surface area (Å²) in [5.41, 5.74) is 0.0422. The molecule has 2 rings (SSSR count). The van der Waals surface area contributed by atoms with Crippen LogP contribution in [0.15, 0.2) is 36.4 Å². The number of hydrogen-bond donors (Lipinski definition) is 2. The molecule has 0 bridgehead atoms. The summed E-state index contributed by atoms with van der Waals surface area (Å²) >= 11 is 0. The van der Waals surface area contributed by atoms with Crippen LogP contribution in [0, 0.1) is 0 Å². The fourth-order valence-corrected chi connectivity index (χ4v) is 2.27. The van der Waals surface area contributed by atoms with E-state index in [2.05, 4.69) is 10.1 Å². The Morgan fingerprint density at radius 1 is 1.22 bits per heavy atom. The van der Waals surface area contributed by atoms with E-state index in [1.807, 2.05) is 0 Å². The van der Waals surface area contributed by atoms with Crippen molar-refractivity contribution in [2.45, 2.75) is 18.6 Å². The molecular formula is C16H16F3NO3. The second-order valence-electron chi connectivity index (χ2n) is 5.05. The number of fused-ring (bicyclic) bond motifs is 1. The molecule has 2 aromatic rings. The maximum atomic E-state index is 13.3. The normalized spacial score (nSPS) is 13.0. The van der Waals surface area contributed by atoms with Crippen molar-refractivity contribution in [3.05, 3.63) is 42.0 Å². The molecule has 2 N–H and O–H groups in total. The van der Waals surface area contributed by atoms with E-state index in [-0.39, 0.29) is 24.3 Å². The van der Waals surface area contributed by atoms with E-state index in [1.165, 1.54) is 37.4 Å². The zero-order valence-corrected chi connectivity index (χ0v) is 12.4. The lowest BCUT2D eigenvalue weighted by Gasteiger charge is -2.22. The Balaban J connectivity index is 2.25. The molecule has 0 aliphatic heterocycles. The van der Waals surface area contributed by atoms with Crippen molar-refractivity contribution in [3.63, 3.8) is 0 Å². The lowest BCUT2D eigenvalue weighted by Crippen LogP contribution is -2.35. The maximum Gasteiger partial charge on any atom is 0.407 e. The first-order valence-electron chi connectivity index (χ1n) is 6.91. The van der Waals surface area contributed by atoms with Crippen LogP contribution in [-0.2, 0) is 9.53 Å². The topological polar surface area (TPSA) is 58.6 Å². The highest BCUT2D eigenvalue weighted by Crippen LogP contribution is 2.34. The number of esters is 1. The summed E-state index contributed by atoms with van der Waals surface area (Å²) in [5, 5.41) is 13.0. The Kier molecular flexibility index (Phi) is 5.10. The number of methoxy groups -OCH3 is 1.